The number of rotatable bonds is 4. The number of primary amides is 1. The van der Waals surface area contributed by atoms with Gasteiger partial charge in [-0.05, 0) is 31.9 Å². The molecule has 0 aromatic carbocycles. The molecule has 18 heavy (non-hydrogen) atoms. The van der Waals surface area contributed by atoms with Crippen molar-refractivity contribution >= 4 is 17.5 Å². The van der Waals surface area contributed by atoms with Crippen LogP contribution in [0.15, 0.2) is 18.2 Å². The highest BCUT2D eigenvalue weighted by Crippen LogP contribution is 2.22. The van der Waals surface area contributed by atoms with E-state index in [4.69, 9.17) is 5.73 Å². The number of nitrogens with zero attached hydrogens (tertiary/aromatic N) is 2. The van der Waals surface area contributed by atoms with E-state index >= 15 is 0 Å². The van der Waals surface area contributed by atoms with Crippen LogP contribution in [0.5, 0.6) is 0 Å². The second-order valence-electron chi connectivity index (χ2n) is 4.60. The maximum atomic E-state index is 11.3. The van der Waals surface area contributed by atoms with Gasteiger partial charge in [-0.2, -0.15) is 0 Å². The topological polar surface area (TPSA) is 71.2 Å². The maximum absolute atomic E-state index is 11.3. The van der Waals surface area contributed by atoms with Crippen molar-refractivity contribution in [2.75, 3.05) is 29.9 Å². The van der Waals surface area contributed by atoms with Crippen molar-refractivity contribution in [3.63, 3.8) is 0 Å². The molecule has 0 radical (unpaired) electrons. The molecule has 1 unspecified atom stereocenters. The molecule has 98 valence electrons. The van der Waals surface area contributed by atoms with Crippen molar-refractivity contribution in [2.24, 2.45) is 11.7 Å². The lowest BCUT2D eigenvalue weighted by atomic mass is 9.97. The summed E-state index contributed by atoms with van der Waals surface area (Å²) in [5.74, 6) is 1.53. The Balaban J connectivity index is 2.10. The quantitative estimate of drug-likeness (QED) is 0.840. The number of nitrogens with one attached hydrogen (secondary N) is 1. The molecule has 0 aliphatic carbocycles. The number of carbonyl (C=O) groups excluding carboxylic acids is 1. The Morgan fingerprint density at radius 3 is 3.17 bits per heavy atom. The van der Waals surface area contributed by atoms with Crippen LogP contribution in [-0.4, -0.2) is 30.5 Å². The van der Waals surface area contributed by atoms with Gasteiger partial charge in [0, 0.05) is 19.6 Å². The fraction of sp³-hybridized carbons (Fsp3) is 0.538. The molecular formula is C13H20N4O. The van der Waals surface area contributed by atoms with E-state index in [-0.39, 0.29) is 11.8 Å². The van der Waals surface area contributed by atoms with Gasteiger partial charge in [-0.15, -0.1) is 0 Å². The molecule has 3 N–H and O–H groups in total. The summed E-state index contributed by atoms with van der Waals surface area (Å²) in [4.78, 5) is 17.9. The van der Waals surface area contributed by atoms with E-state index in [0.29, 0.717) is 6.54 Å². The van der Waals surface area contributed by atoms with E-state index in [1.165, 1.54) is 0 Å². The fourth-order valence-electron chi connectivity index (χ4n) is 2.30. The van der Waals surface area contributed by atoms with Crippen LogP contribution in [0.25, 0.3) is 0 Å². The highest BCUT2D eigenvalue weighted by atomic mass is 16.1. The first kappa shape index (κ1) is 12.7. The van der Waals surface area contributed by atoms with Crippen LogP contribution in [-0.2, 0) is 4.79 Å². The summed E-state index contributed by atoms with van der Waals surface area (Å²) in [6.07, 6.45) is 1.87. The molecule has 1 aliphatic heterocycles. The Kier molecular flexibility index (Phi) is 4.02. The Morgan fingerprint density at radius 2 is 2.44 bits per heavy atom. The van der Waals surface area contributed by atoms with E-state index in [1.807, 2.05) is 25.1 Å². The van der Waals surface area contributed by atoms with Crippen LogP contribution in [0.2, 0.25) is 0 Å². The molecular weight excluding hydrogens is 228 g/mol. The van der Waals surface area contributed by atoms with Gasteiger partial charge in [0.05, 0.1) is 5.92 Å². The Labute approximate surface area is 107 Å². The minimum absolute atomic E-state index is 0.0525. The summed E-state index contributed by atoms with van der Waals surface area (Å²) in [6.45, 7) is 4.50. The Bertz CT molecular complexity index is 421. The third-order valence-corrected chi connectivity index (χ3v) is 3.24. The predicted molar refractivity (Wildman–Crippen MR) is 72.5 cm³/mol. The average Bonchev–Trinajstić information content (AvgIpc) is 2.39. The van der Waals surface area contributed by atoms with E-state index in [2.05, 4.69) is 15.2 Å². The largest absolute Gasteiger partial charge is 0.370 e. The van der Waals surface area contributed by atoms with Crippen LogP contribution in [0.3, 0.4) is 0 Å². The van der Waals surface area contributed by atoms with Gasteiger partial charge in [-0.3, -0.25) is 4.79 Å². The molecule has 5 nitrogen and oxygen atoms in total. The number of nitrogens with two attached hydrogens (primary N) is 1. The fourth-order valence-corrected chi connectivity index (χ4v) is 2.30. The minimum atomic E-state index is -0.206. The van der Waals surface area contributed by atoms with Gasteiger partial charge < -0.3 is 16.0 Å². The van der Waals surface area contributed by atoms with E-state index in [0.717, 1.165) is 37.6 Å². The number of aromatic nitrogens is 1. The molecule has 0 bridgehead atoms. The molecule has 0 saturated carbocycles. The van der Waals surface area contributed by atoms with E-state index in [1.54, 1.807) is 0 Å². The van der Waals surface area contributed by atoms with Gasteiger partial charge in [-0.1, -0.05) is 6.07 Å². The van der Waals surface area contributed by atoms with Gasteiger partial charge in [0.1, 0.15) is 11.6 Å². The van der Waals surface area contributed by atoms with Crippen LogP contribution in [0.1, 0.15) is 19.8 Å². The monoisotopic (exact) mass is 248 g/mol. The first-order valence-electron chi connectivity index (χ1n) is 6.46. The molecule has 2 rings (SSSR count). The number of hydrogen-bond acceptors (Lipinski definition) is 4. The van der Waals surface area contributed by atoms with Gasteiger partial charge in [0.15, 0.2) is 0 Å². The molecule has 5 heteroatoms. The lowest BCUT2D eigenvalue weighted by Gasteiger charge is -2.32. The molecule has 1 atom stereocenters. The van der Waals surface area contributed by atoms with Crippen molar-refractivity contribution in [1.29, 1.82) is 0 Å². The summed E-state index contributed by atoms with van der Waals surface area (Å²) < 4.78 is 0. The van der Waals surface area contributed by atoms with Gasteiger partial charge in [0.25, 0.3) is 0 Å². The van der Waals surface area contributed by atoms with Crippen LogP contribution in [0, 0.1) is 5.92 Å². The number of carbonyl (C=O) groups is 1. The molecule has 1 fully saturated rings. The van der Waals surface area contributed by atoms with Crippen molar-refractivity contribution in [3.8, 4) is 0 Å². The highest BCUT2D eigenvalue weighted by molar-refractivity contribution is 5.77. The van der Waals surface area contributed by atoms with Gasteiger partial charge in [-0.25, -0.2) is 4.98 Å². The second-order valence-corrected chi connectivity index (χ2v) is 4.60. The first-order valence-corrected chi connectivity index (χ1v) is 6.46. The molecule has 1 amide bonds. The van der Waals surface area contributed by atoms with Crippen molar-refractivity contribution in [1.82, 2.24) is 4.98 Å². The average molecular weight is 248 g/mol. The Hall–Kier alpha value is -1.78. The predicted octanol–water partition coefficient (Wildman–Crippen LogP) is 1.22. The van der Waals surface area contributed by atoms with E-state index < -0.39 is 0 Å². The molecule has 1 aromatic heterocycles. The molecule has 1 aliphatic rings. The number of anilines is 2. The Morgan fingerprint density at radius 1 is 1.61 bits per heavy atom. The summed E-state index contributed by atoms with van der Waals surface area (Å²) >= 11 is 0. The zero-order chi connectivity index (χ0) is 13.0. The maximum Gasteiger partial charge on any atom is 0.222 e. The lowest BCUT2D eigenvalue weighted by Crippen LogP contribution is -2.41. The zero-order valence-electron chi connectivity index (χ0n) is 10.7. The standard InChI is InChI=1S/C13H20N4O/c1-2-15-11-6-3-7-12(16-11)17-8-4-5-10(9-17)13(14)18/h3,6-7,10H,2,4-5,8-9H2,1H3,(H2,14,18)(H,15,16). The SMILES string of the molecule is CCNc1cccc(N2CCCC(C(N)=O)C2)n1. The van der Waals surface area contributed by atoms with Crippen molar-refractivity contribution in [3.05, 3.63) is 18.2 Å². The van der Waals surface area contributed by atoms with E-state index in [9.17, 15) is 4.79 Å². The number of piperidine rings is 1. The van der Waals surface area contributed by atoms with Gasteiger partial charge >= 0.3 is 0 Å². The molecule has 0 spiro atoms. The van der Waals surface area contributed by atoms with Crippen molar-refractivity contribution in [2.45, 2.75) is 19.8 Å². The summed E-state index contributed by atoms with van der Waals surface area (Å²) in [7, 11) is 0. The molecule has 2 heterocycles. The number of pyridine rings is 1. The third-order valence-electron chi connectivity index (χ3n) is 3.24. The first-order chi connectivity index (χ1) is 8.70. The normalized spacial score (nSPS) is 19.6. The summed E-state index contributed by atoms with van der Waals surface area (Å²) in [5.41, 5.74) is 5.39. The molecule has 1 aromatic rings. The number of amides is 1. The zero-order valence-corrected chi connectivity index (χ0v) is 10.7. The van der Waals surface area contributed by atoms with Crippen LogP contribution >= 0.6 is 0 Å². The van der Waals surface area contributed by atoms with Crippen LogP contribution in [0.4, 0.5) is 11.6 Å². The number of hydrogen-bond donors (Lipinski definition) is 2. The second kappa shape index (κ2) is 5.71. The summed E-state index contributed by atoms with van der Waals surface area (Å²) in [5, 5.41) is 3.19. The van der Waals surface area contributed by atoms with Crippen molar-refractivity contribution < 1.29 is 4.79 Å². The minimum Gasteiger partial charge on any atom is -0.370 e. The smallest absolute Gasteiger partial charge is 0.222 e. The lowest BCUT2D eigenvalue weighted by molar-refractivity contribution is -0.122. The van der Waals surface area contributed by atoms with Crippen LogP contribution < -0.4 is 16.0 Å². The summed E-state index contributed by atoms with van der Waals surface area (Å²) in [6, 6.07) is 5.90. The van der Waals surface area contributed by atoms with Gasteiger partial charge in [0.2, 0.25) is 5.91 Å². The third kappa shape index (κ3) is 2.91. The molecule has 1 saturated heterocycles. The highest BCUT2D eigenvalue weighted by Gasteiger charge is 2.24.